The lowest BCUT2D eigenvalue weighted by Gasteiger charge is -2.33. The number of benzene rings is 2. The minimum Gasteiger partial charge on any atom is -0.481 e. The van der Waals surface area contributed by atoms with E-state index < -0.39 is 12.1 Å². The summed E-state index contributed by atoms with van der Waals surface area (Å²) in [6.45, 7) is 2.24. The zero-order valence-corrected chi connectivity index (χ0v) is 19.5. The maximum atomic E-state index is 12.8. The summed E-state index contributed by atoms with van der Waals surface area (Å²) in [6, 6.07) is 16.1. The molecule has 2 aliphatic carbocycles. The van der Waals surface area contributed by atoms with Gasteiger partial charge in [0.05, 0.1) is 5.92 Å². The second-order valence-corrected chi connectivity index (χ2v) is 9.35. The van der Waals surface area contributed by atoms with Crippen molar-refractivity contribution < 1.29 is 24.2 Å². The van der Waals surface area contributed by atoms with E-state index in [1.54, 1.807) is 6.92 Å². The number of hydrogen-bond acceptors (Lipinski definition) is 4. The lowest BCUT2D eigenvalue weighted by Crippen LogP contribution is -2.46. The maximum Gasteiger partial charge on any atom is 0.407 e. The average molecular weight is 465 g/mol. The van der Waals surface area contributed by atoms with E-state index in [-0.39, 0.29) is 49.3 Å². The molecule has 34 heavy (non-hydrogen) atoms. The minimum absolute atomic E-state index is 0.00748. The molecule has 3 N–H and O–H groups in total. The minimum atomic E-state index is -0.881. The molecule has 0 heterocycles. The van der Waals surface area contributed by atoms with Crippen molar-refractivity contribution in [1.82, 2.24) is 10.6 Å². The van der Waals surface area contributed by atoms with Crippen molar-refractivity contribution >= 4 is 18.0 Å². The van der Waals surface area contributed by atoms with Gasteiger partial charge in [0.1, 0.15) is 6.61 Å². The Balaban J connectivity index is 1.31. The van der Waals surface area contributed by atoms with Crippen LogP contribution >= 0.6 is 0 Å². The van der Waals surface area contributed by atoms with E-state index in [1.165, 1.54) is 11.1 Å². The quantitative estimate of drug-likeness (QED) is 0.486. The predicted molar refractivity (Wildman–Crippen MR) is 128 cm³/mol. The monoisotopic (exact) mass is 464 g/mol. The van der Waals surface area contributed by atoms with Crippen molar-refractivity contribution in [2.24, 2.45) is 11.8 Å². The van der Waals surface area contributed by atoms with Crippen LogP contribution in [0.5, 0.6) is 0 Å². The van der Waals surface area contributed by atoms with Gasteiger partial charge < -0.3 is 20.5 Å². The topological polar surface area (TPSA) is 105 Å². The summed E-state index contributed by atoms with van der Waals surface area (Å²) in [6.07, 6.45) is 2.83. The van der Waals surface area contributed by atoms with Gasteiger partial charge in [-0.2, -0.15) is 0 Å². The van der Waals surface area contributed by atoms with Crippen molar-refractivity contribution in [2.75, 3.05) is 13.2 Å². The highest BCUT2D eigenvalue weighted by atomic mass is 16.5. The highest BCUT2D eigenvalue weighted by molar-refractivity contribution is 5.81. The zero-order valence-electron chi connectivity index (χ0n) is 19.5. The molecule has 0 aliphatic heterocycles. The molecule has 2 aromatic rings. The third kappa shape index (κ3) is 5.41. The Labute approximate surface area is 199 Å². The van der Waals surface area contributed by atoms with Gasteiger partial charge in [0.2, 0.25) is 5.91 Å². The zero-order chi connectivity index (χ0) is 24.1. The first-order valence-electron chi connectivity index (χ1n) is 12.0. The van der Waals surface area contributed by atoms with E-state index in [4.69, 9.17) is 9.84 Å². The number of hydrogen-bond donors (Lipinski definition) is 3. The predicted octanol–water partition coefficient (Wildman–Crippen LogP) is 4.31. The second kappa shape index (κ2) is 10.7. The third-order valence-corrected chi connectivity index (χ3v) is 7.05. The van der Waals surface area contributed by atoms with Gasteiger partial charge in [-0.1, -0.05) is 55.0 Å². The van der Waals surface area contributed by atoms with E-state index in [9.17, 15) is 14.4 Å². The number of nitrogens with one attached hydrogen (secondary N) is 2. The summed E-state index contributed by atoms with van der Waals surface area (Å²) in [7, 11) is 0. The van der Waals surface area contributed by atoms with Crippen molar-refractivity contribution in [3.63, 3.8) is 0 Å². The number of carboxylic acid groups (broad SMARTS) is 1. The fourth-order valence-electron chi connectivity index (χ4n) is 4.92. The summed E-state index contributed by atoms with van der Waals surface area (Å²) in [5, 5.41) is 14.6. The number of carbonyl (C=O) groups is 3. The Morgan fingerprint density at radius 2 is 1.65 bits per heavy atom. The molecule has 2 aliphatic rings. The largest absolute Gasteiger partial charge is 0.481 e. The van der Waals surface area contributed by atoms with Gasteiger partial charge in [0.25, 0.3) is 0 Å². The van der Waals surface area contributed by atoms with Crippen LogP contribution in [-0.2, 0) is 14.3 Å². The highest BCUT2D eigenvalue weighted by Gasteiger charge is 2.34. The summed E-state index contributed by atoms with van der Waals surface area (Å²) >= 11 is 0. The fourth-order valence-corrected chi connectivity index (χ4v) is 4.92. The van der Waals surface area contributed by atoms with Crippen LogP contribution in [0.1, 0.15) is 56.1 Å². The first kappa shape index (κ1) is 23.8. The molecule has 7 heteroatoms. The molecule has 2 aromatic carbocycles. The van der Waals surface area contributed by atoms with Crippen molar-refractivity contribution in [3.8, 4) is 11.1 Å². The number of amides is 2. The van der Waals surface area contributed by atoms with Crippen LogP contribution in [0.4, 0.5) is 4.79 Å². The SMILES string of the molecule is CC(CCC(=O)O)NC(=O)C(CNC(=O)OCC1c2ccccc2-c2ccccc21)C1CCC1. The molecule has 1 fully saturated rings. The first-order valence-corrected chi connectivity index (χ1v) is 12.0. The van der Waals surface area contributed by atoms with E-state index >= 15 is 0 Å². The first-order chi connectivity index (χ1) is 16.4. The molecule has 0 bridgehead atoms. The number of alkyl carbamates (subject to hydrolysis) is 1. The van der Waals surface area contributed by atoms with Gasteiger partial charge in [-0.3, -0.25) is 9.59 Å². The molecule has 4 rings (SSSR count). The average Bonchev–Trinajstić information content (AvgIpc) is 3.11. The maximum absolute atomic E-state index is 12.8. The second-order valence-electron chi connectivity index (χ2n) is 9.35. The smallest absolute Gasteiger partial charge is 0.407 e. The van der Waals surface area contributed by atoms with Gasteiger partial charge in [0.15, 0.2) is 0 Å². The van der Waals surface area contributed by atoms with E-state index in [0.717, 1.165) is 30.4 Å². The summed E-state index contributed by atoms with van der Waals surface area (Å²) in [5.74, 6) is -1.16. The Kier molecular flexibility index (Phi) is 7.50. The number of aliphatic carboxylic acids is 1. The van der Waals surface area contributed by atoms with Crippen molar-refractivity contribution in [3.05, 3.63) is 59.7 Å². The molecule has 2 amide bonds. The molecule has 0 radical (unpaired) electrons. The van der Waals surface area contributed by atoms with Crippen LogP contribution in [0.3, 0.4) is 0 Å². The third-order valence-electron chi connectivity index (χ3n) is 7.05. The Morgan fingerprint density at radius 1 is 1.03 bits per heavy atom. The lowest BCUT2D eigenvalue weighted by atomic mass is 9.75. The number of carbonyl (C=O) groups excluding carboxylic acids is 2. The Hall–Kier alpha value is -3.35. The van der Waals surface area contributed by atoms with Gasteiger partial charge in [-0.05, 0) is 54.4 Å². The van der Waals surface area contributed by atoms with Gasteiger partial charge in [0, 0.05) is 24.9 Å². The Morgan fingerprint density at radius 3 is 2.21 bits per heavy atom. The van der Waals surface area contributed by atoms with Crippen molar-refractivity contribution in [2.45, 2.75) is 51.0 Å². The molecule has 0 saturated heterocycles. The molecular formula is C27H32N2O5. The summed E-state index contributed by atoms with van der Waals surface area (Å²) < 4.78 is 5.60. The molecule has 2 atom stereocenters. The van der Waals surface area contributed by atoms with Crippen LogP contribution < -0.4 is 10.6 Å². The van der Waals surface area contributed by atoms with Crippen LogP contribution in [0, 0.1) is 11.8 Å². The molecule has 0 spiro atoms. The molecule has 0 aromatic heterocycles. The summed E-state index contributed by atoms with van der Waals surface area (Å²) in [5.41, 5.74) is 4.65. The van der Waals surface area contributed by atoms with Crippen molar-refractivity contribution in [1.29, 1.82) is 0 Å². The van der Waals surface area contributed by atoms with Gasteiger partial charge in [-0.25, -0.2) is 4.79 Å². The fraction of sp³-hybridized carbons (Fsp3) is 0.444. The molecule has 7 nitrogen and oxygen atoms in total. The number of carboxylic acids is 1. The van der Waals surface area contributed by atoms with E-state index in [1.807, 2.05) is 24.3 Å². The van der Waals surface area contributed by atoms with E-state index in [2.05, 4.69) is 34.9 Å². The number of fused-ring (bicyclic) bond motifs is 3. The van der Waals surface area contributed by atoms with Crippen LogP contribution in [0.25, 0.3) is 11.1 Å². The van der Waals surface area contributed by atoms with E-state index in [0.29, 0.717) is 6.42 Å². The van der Waals surface area contributed by atoms with Gasteiger partial charge >= 0.3 is 12.1 Å². The molecular weight excluding hydrogens is 432 g/mol. The number of rotatable bonds is 10. The molecule has 180 valence electrons. The number of ether oxygens (including phenoxy) is 1. The molecule has 1 saturated carbocycles. The van der Waals surface area contributed by atoms with Crippen LogP contribution in [-0.4, -0.2) is 42.3 Å². The van der Waals surface area contributed by atoms with Crippen LogP contribution in [0.2, 0.25) is 0 Å². The Bertz CT molecular complexity index is 1000. The standard InChI is InChI=1S/C27H32N2O5/c1-17(13-14-25(30)31)29-26(32)23(18-7-6-8-18)15-28-27(33)34-16-24-21-11-4-2-9-19(21)20-10-3-5-12-22(20)24/h2-5,9-12,17-18,23-24H,6-8,13-16H2,1H3,(H,28,33)(H,29,32)(H,30,31). The molecule has 2 unspecified atom stereocenters. The van der Waals surface area contributed by atoms with Crippen LogP contribution in [0.15, 0.2) is 48.5 Å². The summed E-state index contributed by atoms with van der Waals surface area (Å²) in [4.78, 5) is 36.2. The van der Waals surface area contributed by atoms with Gasteiger partial charge in [-0.15, -0.1) is 0 Å². The highest BCUT2D eigenvalue weighted by Crippen LogP contribution is 2.44. The lowest BCUT2D eigenvalue weighted by molar-refractivity contribution is -0.137. The normalized spacial score (nSPS) is 16.5.